The van der Waals surface area contributed by atoms with Gasteiger partial charge in [-0.05, 0) is 30.0 Å². The molecule has 1 aliphatic carbocycles. The molecule has 0 bridgehead atoms. The molecule has 2 aromatic rings. The number of alkyl halides is 3. The van der Waals surface area contributed by atoms with E-state index >= 15 is 0 Å². The maximum absolute atomic E-state index is 13.1. The van der Waals surface area contributed by atoms with Crippen molar-refractivity contribution in [2.24, 2.45) is 5.92 Å². The van der Waals surface area contributed by atoms with Gasteiger partial charge in [0.2, 0.25) is 5.95 Å². The first-order valence-electron chi connectivity index (χ1n) is 8.17. The summed E-state index contributed by atoms with van der Waals surface area (Å²) < 4.78 is 40.5. The third-order valence-electron chi connectivity index (χ3n) is 4.64. The fourth-order valence-corrected chi connectivity index (χ4v) is 3.82. The second kappa shape index (κ2) is 6.24. The van der Waals surface area contributed by atoms with Gasteiger partial charge in [0.15, 0.2) is 5.78 Å². The Bertz CT molecular complexity index is 983. The summed E-state index contributed by atoms with van der Waals surface area (Å²) in [6, 6.07) is 3.85. The molecule has 0 radical (unpaired) electrons. The molecular weight excluding hydrogens is 404 g/mol. The minimum atomic E-state index is -4.70. The topological polar surface area (TPSA) is 59.8 Å². The van der Waals surface area contributed by atoms with Gasteiger partial charge in [-0.1, -0.05) is 36.2 Å². The molecule has 0 saturated carbocycles. The summed E-state index contributed by atoms with van der Waals surface area (Å²) in [6.07, 6.45) is -3.85. The van der Waals surface area contributed by atoms with Crippen LogP contribution in [-0.2, 0) is 11.0 Å². The Morgan fingerprint density at radius 1 is 1.22 bits per heavy atom. The van der Waals surface area contributed by atoms with Crippen molar-refractivity contribution in [3.8, 4) is 0 Å². The molecule has 1 aliphatic heterocycles. The number of benzene rings is 1. The maximum Gasteiger partial charge on any atom is 0.453 e. The van der Waals surface area contributed by atoms with Gasteiger partial charge in [0.25, 0.3) is 5.82 Å². The van der Waals surface area contributed by atoms with Crippen molar-refractivity contribution < 1.29 is 18.0 Å². The van der Waals surface area contributed by atoms with Gasteiger partial charge < -0.3 is 5.32 Å². The number of ketones is 1. The van der Waals surface area contributed by atoms with E-state index in [1.165, 1.54) is 6.07 Å². The van der Waals surface area contributed by atoms with Gasteiger partial charge in [0, 0.05) is 17.7 Å². The van der Waals surface area contributed by atoms with Crippen LogP contribution in [0.3, 0.4) is 0 Å². The normalized spacial score (nSPS) is 22.4. The van der Waals surface area contributed by atoms with Crippen molar-refractivity contribution in [1.82, 2.24) is 14.8 Å². The van der Waals surface area contributed by atoms with E-state index in [0.717, 1.165) is 4.68 Å². The van der Waals surface area contributed by atoms with Crippen molar-refractivity contribution in [2.75, 3.05) is 5.32 Å². The van der Waals surface area contributed by atoms with E-state index in [-0.39, 0.29) is 22.7 Å². The molecule has 0 saturated heterocycles. The number of fused-ring (bicyclic) bond motifs is 1. The quantitative estimate of drug-likeness (QED) is 0.719. The summed E-state index contributed by atoms with van der Waals surface area (Å²) in [5.41, 5.74) is 1.47. The van der Waals surface area contributed by atoms with E-state index in [1.807, 2.05) is 6.92 Å². The highest BCUT2D eigenvalue weighted by Crippen LogP contribution is 2.43. The van der Waals surface area contributed by atoms with Crippen molar-refractivity contribution >= 4 is 34.9 Å². The zero-order valence-corrected chi connectivity index (χ0v) is 15.5. The van der Waals surface area contributed by atoms with Crippen molar-refractivity contribution in [1.29, 1.82) is 0 Å². The van der Waals surface area contributed by atoms with Gasteiger partial charge in [-0.3, -0.25) is 4.79 Å². The second-order valence-electron chi connectivity index (χ2n) is 6.73. The number of carbonyl (C=O) groups is 1. The van der Waals surface area contributed by atoms with Crippen LogP contribution in [0, 0.1) is 5.92 Å². The molecule has 1 aromatic carbocycles. The fourth-order valence-electron chi connectivity index (χ4n) is 3.52. The first-order chi connectivity index (χ1) is 12.6. The molecule has 0 unspecified atom stereocenters. The molecular formula is C17H13Cl2F3N4O. The van der Waals surface area contributed by atoms with E-state index in [1.54, 1.807) is 12.1 Å². The van der Waals surface area contributed by atoms with E-state index < -0.39 is 18.0 Å². The molecule has 2 atom stereocenters. The van der Waals surface area contributed by atoms with Crippen LogP contribution in [0.25, 0.3) is 0 Å². The number of hydrogen-bond acceptors (Lipinski definition) is 4. The van der Waals surface area contributed by atoms with Gasteiger partial charge in [0.05, 0.1) is 10.0 Å². The fraction of sp³-hybridized carbons (Fsp3) is 0.353. The predicted octanol–water partition coefficient (Wildman–Crippen LogP) is 4.87. The molecule has 2 heterocycles. The summed E-state index contributed by atoms with van der Waals surface area (Å²) in [5.74, 6) is -1.38. The zero-order chi connectivity index (χ0) is 19.5. The highest BCUT2D eigenvalue weighted by atomic mass is 35.5. The Morgan fingerprint density at radius 3 is 2.63 bits per heavy atom. The van der Waals surface area contributed by atoms with Crippen LogP contribution in [0.5, 0.6) is 0 Å². The van der Waals surface area contributed by atoms with Gasteiger partial charge in [-0.15, -0.1) is 5.10 Å². The van der Waals surface area contributed by atoms with Crippen molar-refractivity contribution in [2.45, 2.75) is 32.0 Å². The number of Topliss-reactive ketones (excluding diaryl/α,β-unsaturated/α-hetero) is 1. The average Bonchev–Trinajstić information content (AvgIpc) is 2.99. The molecule has 0 amide bonds. The molecule has 142 valence electrons. The minimum Gasteiger partial charge on any atom is -0.328 e. The monoisotopic (exact) mass is 416 g/mol. The lowest BCUT2D eigenvalue weighted by atomic mass is 9.81. The van der Waals surface area contributed by atoms with Crippen LogP contribution in [0.15, 0.2) is 29.5 Å². The van der Waals surface area contributed by atoms with Crippen LogP contribution < -0.4 is 5.32 Å². The minimum absolute atomic E-state index is 0.0564. The average molecular weight is 417 g/mol. The lowest BCUT2D eigenvalue weighted by Crippen LogP contribution is -2.33. The molecule has 2 aliphatic rings. The predicted molar refractivity (Wildman–Crippen MR) is 93.7 cm³/mol. The molecule has 1 aromatic heterocycles. The van der Waals surface area contributed by atoms with Gasteiger partial charge >= 0.3 is 6.18 Å². The number of halogens is 5. The SMILES string of the molecule is C[C@@H]1CC(=O)C2=C(C1)Nc1nc(C(F)(F)F)nn1[C@H]2c1ccc(Cl)c(Cl)c1. The summed E-state index contributed by atoms with van der Waals surface area (Å²) in [5, 5.41) is 7.05. The van der Waals surface area contributed by atoms with Gasteiger partial charge in [-0.2, -0.15) is 18.2 Å². The standard InChI is InChI=1S/C17H13Cl2F3N4O/c1-7-4-11-13(12(27)5-7)14(8-2-3-9(18)10(19)6-8)26-16(23-11)24-15(25-26)17(20,21)22/h2-3,6-7,14H,4-5H2,1H3,(H,23,24,25)/t7-,14-/m0/s1. The summed E-state index contributed by atoms with van der Waals surface area (Å²) in [7, 11) is 0. The second-order valence-corrected chi connectivity index (χ2v) is 7.55. The number of nitrogens with one attached hydrogen (secondary N) is 1. The van der Waals surface area contributed by atoms with Gasteiger partial charge in [-0.25, -0.2) is 4.68 Å². The van der Waals surface area contributed by atoms with Crippen LogP contribution in [0.2, 0.25) is 10.0 Å². The van der Waals surface area contributed by atoms with E-state index in [2.05, 4.69) is 15.4 Å². The third-order valence-corrected chi connectivity index (χ3v) is 5.38. The van der Waals surface area contributed by atoms with Crippen LogP contribution >= 0.6 is 23.2 Å². The number of rotatable bonds is 1. The highest BCUT2D eigenvalue weighted by Gasteiger charge is 2.43. The molecule has 1 N–H and O–H groups in total. The maximum atomic E-state index is 13.1. The largest absolute Gasteiger partial charge is 0.453 e. The molecule has 0 spiro atoms. The Balaban J connectivity index is 1.92. The Hall–Kier alpha value is -2.06. The number of carbonyl (C=O) groups excluding carboxylic acids is 1. The lowest BCUT2D eigenvalue weighted by molar-refractivity contribution is -0.145. The van der Waals surface area contributed by atoms with E-state index in [9.17, 15) is 18.0 Å². The van der Waals surface area contributed by atoms with E-state index in [0.29, 0.717) is 34.7 Å². The number of allylic oxidation sites excluding steroid dienone is 2. The number of nitrogens with zero attached hydrogens (tertiary/aromatic N) is 3. The number of hydrogen-bond donors (Lipinski definition) is 1. The molecule has 4 rings (SSSR count). The zero-order valence-electron chi connectivity index (χ0n) is 13.9. The van der Waals surface area contributed by atoms with Gasteiger partial charge in [0.1, 0.15) is 6.04 Å². The third kappa shape index (κ3) is 3.10. The molecule has 10 heteroatoms. The van der Waals surface area contributed by atoms with Crippen LogP contribution in [-0.4, -0.2) is 20.5 Å². The van der Waals surface area contributed by atoms with E-state index in [4.69, 9.17) is 23.2 Å². The Kier molecular flexibility index (Phi) is 4.23. The molecule has 0 fully saturated rings. The molecule has 5 nitrogen and oxygen atoms in total. The Labute approximate surface area is 162 Å². The first-order valence-corrected chi connectivity index (χ1v) is 8.92. The van der Waals surface area contributed by atoms with Crippen LogP contribution in [0.1, 0.15) is 37.2 Å². The smallest absolute Gasteiger partial charge is 0.328 e. The van der Waals surface area contributed by atoms with Crippen molar-refractivity contribution in [3.05, 3.63) is 50.9 Å². The summed E-state index contributed by atoms with van der Waals surface area (Å²) >= 11 is 12.1. The number of aromatic nitrogens is 3. The lowest BCUT2D eigenvalue weighted by Gasteiger charge is -2.34. The summed E-state index contributed by atoms with van der Waals surface area (Å²) in [4.78, 5) is 16.3. The van der Waals surface area contributed by atoms with Crippen LogP contribution in [0.4, 0.5) is 19.1 Å². The highest BCUT2D eigenvalue weighted by molar-refractivity contribution is 6.42. The summed E-state index contributed by atoms with van der Waals surface area (Å²) in [6.45, 7) is 1.91. The first kappa shape index (κ1) is 18.3. The van der Waals surface area contributed by atoms with Crippen molar-refractivity contribution in [3.63, 3.8) is 0 Å². The number of anilines is 1. The Morgan fingerprint density at radius 2 is 1.96 bits per heavy atom. The molecule has 27 heavy (non-hydrogen) atoms.